The Morgan fingerprint density at radius 3 is 2.77 bits per heavy atom. The van der Waals surface area contributed by atoms with Crippen LogP contribution >= 0.6 is 11.3 Å². The van der Waals surface area contributed by atoms with Crippen molar-refractivity contribution in [2.24, 2.45) is 5.92 Å². The van der Waals surface area contributed by atoms with Crippen LogP contribution in [0.4, 0.5) is 0 Å². The zero-order valence-corrected chi connectivity index (χ0v) is 15.8. The van der Waals surface area contributed by atoms with E-state index < -0.39 is 9.84 Å². The highest BCUT2D eigenvalue weighted by atomic mass is 32.2. The molecule has 4 rings (SSSR count). The topological polar surface area (TPSA) is 96.6 Å². The summed E-state index contributed by atoms with van der Waals surface area (Å²) in [6.07, 6.45) is 0.453. The molecule has 0 radical (unpaired) electrons. The Labute approximate surface area is 155 Å². The second-order valence-corrected chi connectivity index (χ2v) is 9.87. The molecule has 1 amide bonds. The van der Waals surface area contributed by atoms with Gasteiger partial charge in [-0.15, -0.1) is 11.3 Å². The van der Waals surface area contributed by atoms with Gasteiger partial charge in [0.2, 0.25) is 17.6 Å². The van der Waals surface area contributed by atoms with Crippen LogP contribution in [0.3, 0.4) is 0 Å². The van der Waals surface area contributed by atoms with Gasteiger partial charge in [0.25, 0.3) is 0 Å². The molecule has 2 saturated heterocycles. The van der Waals surface area contributed by atoms with E-state index in [-0.39, 0.29) is 23.3 Å². The molecular weight excluding hydrogens is 376 g/mol. The van der Waals surface area contributed by atoms with Crippen molar-refractivity contribution in [1.82, 2.24) is 19.9 Å². The van der Waals surface area contributed by atoms with Gasteiger partial charge < -0.3 is 9.42 Å². The van der Waals surface area contributed by atoms with E-state index in [1.165, 1.54) is 0 Å². The van der Waals surface area contributed by atoms with E-state index in [9.17, 15) is 13.2 Å². The van der Waals surface area contributed by atoms with Crippen molar-refractivity contribution in [2.75, 3.05) is 37.7 Å². The minimum absolute atomic E-state index is 0.000467. The lowest BCUT2D eigenvalue weighted by Gasteiger charge is -2.35. The van der Waals surface area contributed by atoms with Crippen LogP contribution < -0.4 is 0 Å². The number of nitrogens with zero attached hydrogens (tertiary/aromatic N) is 4. The molecule has 0 N–H and O–H groups in total. The molecule has 0 aromatic carbocycles. The van der Waals surface area contributed by atoms with Gasteiger partial charge in [0, 0.05) is 26.2 Å². The minimum atomic E-state index is -3.03. The van der Waals surface area contributed by atoms with E-state index in [0.717, 1.165) is 4.88 Å². The Balaban J connectivity index is 1.29. The number of amides is 1. The molecule has 1 unspecified atom stereocenters. The van der Waals surface area contributed by atoms with Crippen LogP contribution in [0.2, 0.25) is 0 Å². The Morgan fingerprint density at radius 2 is 2.12 bits per heavy atom. The second-order valence-electron chi connectivity index (χ2n) is 6.69. The molecule has 2 aliphatic heterocycles. The van der Waals surface area contributed by atoms with E-state index in [0.29, 0.717) is 50.9 Å². The lowest BCUT2D eigenvalue weighted by Crippen LogP contribution is -2.50. The molecule has 4 heterocycles. The maximum atomic E-state index is 12.5. The highest BCUT2D eigenvalue weighted by Gasteiger charge is 2.36. The molecule has 2 aromatic heterocycles. The molecule has 2 aliphatic rings. The largest absolute Gasteiger partial charge is 0.340 e. The number of hydrogen-bond donors (Lipinski definition) is 0. The first-order valence-corrected chi connectivity index (χ1v) is 11.3. The van der Waals surface area contributed by atoms with E-state index in [2.05, 4.69) is 15.0 Å². The number of thiophene rings is 1. The van der Waals surface area contributed by atoms with Crippen molar-refractivity contribution in [1.29, 1.82) is 0 Å². The smallest absolute Gasteiger partial charge is 0.241 e. The van der Waals surface area contributed by atoms with Gasteiger partial charge in [0.15, 0.2) is 9.84 Å². The fourth-order valence-corrected chi connectivity index (χ4v) is 5.77. The zero-order valence-electron chi connectivity index (χ0n) is 14.2. The third-order valence-corrected chi connectivity index (χ3v) is 7.47. The monoisotopic (exact) mass is 396 g/mol. The van der Waals surface area contributed by atoms with Crippen LogP contribution in [0.1, 0.15) is 12.3 Å². The van der Waals surface area contributed by atoms with Crippen molar-refractivity contribution in [2.45, 2.75) is 13.0 Å². The summed E-state index contributed by atoms with van der Waals surface area (Å²) in [6.45, 7) is 3.17. The van der Waals surface area contributed by atoms with Gasteiger partial charge >= 0.3 is 0 Å². The van der Waals surface area contributed by atoms with Gasteiger partial charge in [-0.2, -0.15) is 4.98 Å². The fourth-order valence-electron chi connectivity index (χ4n) is 3.39. The normalized spacial score (nSPS) is 23.4. The lowest BCUT2D eigenvalue weighted by molar-refractivity contribution is -0.136. The van der Waals surface area contributed by atoms with Gasteiger partial charge in [-0.05, 0) is 17.9 Å². The molecule has 10 heteroatoms. The number of carbonyl (C=O) groups excluding carboxylic acids is 1. The van der Waals surface area contributed by atoms with E-state index in [4.69, 9.17) is 4.52 Å². The molecule has 2 aromatic rings. The predicted octanol–water partition coefficient (Wildman–Crippen LogP) is 0.877. The van der Waals surface area contributed by atoms with Crippen LogP contribution in [-0.4, -0.2) is 72.0 Å². The van der Waals surface area contributed by atoms with E-state index in [1.807, 2.05) is 17.5 Å². The molecule has 0 bridgehead atoms. The Kier molecular flexibility index (Phi) is 4.80. The number of carbonyl (C=O) groups is 1. The summed E-state index contributed by atoms with van der Waals surface area (Å²) < 4.78 is 28.5. The third kappa shape index (κ3) is 3.81. The number of rotatable bonds is 4. The summed E-state index contributed by atoms with van der Waals surface area (Å²) in [5.74, 6) is 0.910. The van der Waals surface area contributed by atoms with Crippen molar-refractivity contribution in [3.05, 3.63) is 23.4 Å². The quantitative estimate of drug-likeness (QED) is 0.757. The Bertz CT molecular complexity index is 870. The molecule has 0 saturated carbocycles. The maximum Gasteiger partial charge on any atom is 0.241 e. The summed E-state index contributed by atoms with van der Waals surface area (Å²) in [7, 11) is -3.03. The van der Waals surface area contributed by atoms with Crippen LogP contribution in [0.5, 0.6) is 0 Å². The second kappa shape index (κ2) is 7.09. The molecule has 0 aliphatic carbocycles. The summed E-state index contributed by atoms with van der Waals surface area (Å²) in [5.41, 5.74) is 0. The summed E-state index contributed by atoms with van der Waals surface area (Å²) >= 11 is 1.57. The number of piperazine rings is 1. The average Bonchev–Trinajstić information content (AvgIpc) is 3.35. The number of sulfone groups is 1. The highest BCUT2D eigenvalue weighted by molar-refractivity contribution is 7.91. The van der Waals surface area contributed by atoms with Crippen molar-refractivity contribution in [3.63, 3.8) is 0 Å². The molecule has 1 atom stereocenters. The summed E-state index contributed by atoms with van der Waals surface area (Å²) in [6, 6.07) is 3.90. The zero-order chi connectivity index (χ0) is 18.1. The maximum absolute atomic E-state index is 12.5. The first-order valence-electron chi connectivity index (χ1n) is 8.58. The molecule has 8 nitrogen and oxygen atoms in total. The van der Waals surface area contributed by atoms with Gasteiger partial charge in [0.1, 0.15) is 0 Å². The Morgan fingerprint density at radius 1 is 1.31 bits per heavy atom. The van der Waals surface area contributed by atoms with Crippen LogP contribution in [0.15, 0.2) is 22.0 Å². The standard InChI is InChI=1S/C16H20N4O4S2/c21-16(12-3-9-26(22,23)11-12)20-6-4-19(5-7-20)10-14-17-15(18-24-14)13-2-1-8-25-13/h1-2,8,12H,3-7,9-11H2. The molecule has 140 valence electrons. The van der Waals surface area contributed by atoms with Gasteiger partial charge in [-0.3, -0.25) is 9.69 Å². The summed E-state index contributed by atoms with van der Waals surface area (Å²) in [4.78, 5) is 21.8. The third-order valence-electron chi connectivity index (χ3n) is 4.83. The molecule has 26 heavy (non-hydrogen) atoms. The Hall–Kier alpha value is -1.78. The lowest BCUT2D eigenvalue weighted by atomic mass is 10.1. The number of hydrogen-bond acceptors (Lipinski definition) is 8. The SMILES string of the molecule is O=C(C1CCS(=O)(=O)C1)N1CCN(Cc2nc(-c3cccs3)no2)CC1. The first-order chi connectivity index (χ1) is 12.5. The fraction of sp³-hybridized carbons (Fsp3) is 0.562. The van der Waals surface area contributed by atoms with Crippen molar-refractivity contribution in [3.8, 4) is 10.7 Å². The molecule has 0 spiro atoms. The first kappa shape index (κ1) is 17.6. The predicted molar refractivity (Wildman–Crippen MR) is 96.2 cm³/mol. The van der Waals surface area contributed by atoms with Crippen LogP contribution in [-0.2, 0) is 21.2 Å². The van der Waals surface area contributed by atoms with Crippen LogP contribution in [0, 0.1) is 5.92 Å². The molecule has 2 fully saturated rings. The van der Waals surface area contributed by atoms with E-state index >= 15 is 0 Å². The average molecular weight is 396 g/mol. The van der Waals surface area contributed by atoms with Crippen LogP contribution in [0.25, 0.3) is 10.7 Å². The summed E-state index contributed by atoms with van der Waals surface area (Å²) in [5, 5.41) is 5.98. The minimum Gasteiger partial charge on any atom is -0.340 e. The van der Waals surface area contributed by atoms with Crippen molar-refractivity contribution < 1.29 is 17.7 Å². The number of aromatic nitrogens is 2. The van der Waals surface area contributed by atoms with Gasteiger partial charge in [-0.1, -0.05) is 11.2 Å². The van der Waals surface area contributed by atoms with E-state index in [1.54, 1.807) is 16.2 Å². The van der Waals surface area contributed by atoms with Gasteiger partial charge in [0.05, 0.1) is 28.8 Å². The van der Waals surface area contributed by atoms with Gasteiger partial charge in [-0.25, -0.2) is 8.42 Å². The van der Waals surface area contributed by atoms with Crippen molar-refractivity contribution >= 4 is 27.1 Å². The molecular formula is C16H20N4O4S2. The highest BCUT2D eigenvalue weighted by Crippen LogP contribution is 2.23.